The molecule has 0 fully saturated rings. The first-order valence-corrected chi connectivity index (χ1v) is 7.97. The van der Waals surface area contributed by atoms with Crippen molar-refractivity contribution in [3.63, 3.8) is 0 Å². The topological polar surface area (TPSA) is 0 Å². The summed E-state index contributed by atoms with van der Waals surface area (Å²) in [6, 6.07) is 10.9. The molecule has 1 aromatic carbocycles. The van der Waals surface area contributed by atoms with Crippen molar-refractivity contribution in [3.05, 3.63) is 35.9 Å². The van der Waals surface area contributed by atoms with Gasteiger partial charge in [0, 0.05) is 0 Å². The predicted molar refractivity (Wildman–Crippen MR) is 90.5 cm³/mol. The van der Waals surface area contributed by atoms with Gasteiger partial charge < -0.3 is 0 Å². The first kappa shape index (κ1) is 19.5. The van der Waals surface area contributed by atoms with Crippen molar-refractivity contribution < 1.29 is 0 Å². The second kappa shape index (κ2) is 14.9. The predicted octanol–water partition coefficient (Wildman–Crippen LogP) is 5.23. The molecule has 0 nitrogen and oxygen atoms in total. The first-order valence-electron chi connectivity index (χ1n) is 7.97. The summed E-state index contributed by atoms with van der Waals surface area (Å²) < 4.78 is 0. The summed E-state index contributed by atoms with van der Waals surface area (Å²) in [5.74, 6) is 0. The van der Waals surface area contributed by atoms with Crippen molar-refractivity contribution in [2.45, 2.75) is 77.6 Å². The Labute approximate surface area is 150 Å². The van der Waals surface area contributed by atoms with Gasteiger partial charge in [-0.1, -0.05) is 95.0 Å². The molecule has 0 aliphatic heterocycles. The molecule has 0 bridgehead atoms. The Morgan fingerprint density at radius 3 is 1.63 bits per heavy atom. The number of benzene rings is 1. The Balaban J connectivity index is 0.00000324. The van der Waals surface area contributed by atoms with E-state index in [-0.39, 0.29) is 37.7 Å². The second-order valence-corrected chi connectivity index (χ2v) is 5.42. The Bertz CT molecular complexity index is 268. The Morgan fingerprint density at radius 2 is 1.11 bits per heavy atom. The molecule has 0 aromatic heterocycles. The van der Waals surface area contributed by atoms with Crippen molar-refractivity contribution in [3.8, 4) is 0 Å². The second-order valence-electron chi connectivity index (χ2n) is 5.42. The van der Waals surface area contributed by atoms with Crippen LogP contribution < -0.4 is 0 Å². The summed E-state index contributed by atoms with van der Waals surface area (Å²) in [5, 5.41) is 0. The van der Waals surface area contributed by atoms with Gasteiger partial charge in [0.2, 0.25) is 0 Å². The van der Waals surface area contributed by atoms with Crippen molar-refractivity contribution >= 4 is 37.7 Å². The summed E-state index contributed by atoms with van der Waals surface area (Å²) >= 11 is 0. The van der Waals surface area contributed by atoms with Gasteiger partial charge in [0.15, 0.2) is 0 Å². The summed E-state index contributed by atoms with van der Waals surface area (Å²) in [5.41, 5.74) is 1.50. The molecule has 1 heteroatoms. The van der Waals surface area contributed by atoms with Crippen LogP contribution in [0.2, 0.25) is 0 Å². The van der Waals surface area contributed by atoms with Gasteiger partial charge in [-0.3, -0.25) is 0 Å². The van der Waals surface area contributed by atoms with Crippen LogP contribution in [-0.4, -0.2) is 37.7 Å². The van der Waals surface area contributed by atoms with Crippen LogP contribution in [-0.2, 0) is 6.42 Å². The standard InChI is InChI=1S/C18H30.Ca.2H/c1-2-3-4-5-6-7-8-9-10-12-15-18-16-13-11-14-17-18;;;/h11,13-14,16-17H,2-10,12,15H2,1H3;;;. The Morgan fingerprint density at radius 1 is 0.632 bits per heavy atom. The van der Waals surface area contributed by atoms with Crippen LogP contribution in [0.3, 0.4) is 0 Å². The molecule has 0 radical (unpaired) electrons. The van der Waals surface area contributed by atoms with Crippen LogP contribution in [0, 0.1) is 0 Å². The van der Waals surface area contributed by atoms with Crippen LogP contribution in [0.5, 0.6) is 0 Å². The monoisotopic (exact) mass is 288 g/mol. The van der Waals surface area contributed by atoms with Gasteiger partial charge in [-0.15, -0.1) is 0 Å². The van der Waals surface area contributed by atoms with E-state index in [1.54, 1.807) is 0 Å². The van der Waals surface area contributed by atoms with Crippen LogP contribution in [0.1, 0.15) is 76.7 Å². The molecule has 0 heterocycles. The van der Waals surface area contributed by atoms with E-state index in [4.69, 9.17) is 0 Å². The van der Waals surface area contributed by atoms with Crippen molar-refractivity contribution in [2.75, 3.05) is 0 Å². The number of hydrogen-bond acceptors (Lipinski definition) is 0. The molecule has 106 valence electrons. The maximum atomic E-state index is 2.28. The van der Waals surface area contributed by atoms with Crippen LogP contribution >= 0.6 is 0 Å². The average molecular weight is 289 g/mol. The molecule has 1 rings (SSSR count). The normalized spacial score (nSPS) is 10.2. The molecule has 0 aliphatic carbocycles. The summed E-state index contributed by atoms with van der Waals surface area (Å²) in [4.78, 5) is 0. The molecular weight excluding hydrogens is 256 g/mol. The fraction of sp³-hybridized carbons (Fsp3) is 0.667. The number of rotatable bonds is 11. The van der Waals surface area contributed by atoms with E-state index >= 15 is 0 Å². The summed E-state index contributed by atoms with van der Waals surface area (Å²) in [7, 11) is 0. The van der Waals surface area contributed by atoms with Gasteiger partial charge in [-0.25, -0.2) is 0 Å². The zero-order valence-corrected chi connectivity index (χ0v) is 12.2. The zero-order valence-electron chi connectivity index (χ0n) is 12.2. The first-order chi connectivity index (χ1) is 8.93. The molecule has 0 spiro atoms. The van der Waals surface area contributed by atoms with E-state index < -0.39 is 0 Å². The molecule has 0 saturated carbocycles. The molecule has 19 heavy (non-hydrogen) atoms. The molecule has 0 aliphatic rings. The average Bonchev–Trinajstić information content (AvgIpc) is 2.42. The van der Waals surface area contributed by atoms with Crippen LogP contribution in [0.15, 0.2) is 30.3 Å². The van der Waals surface area contributed by atoms with Crippen LogP contribution in [0.4, 0.5) is 0 Å². The fourth-order valence-electron chi connectivity index (χ4n) is 2.46. The number of aryl methyl sites for hydroxylation is 1. The van der Waals surface area contributed by atoms with Crippen molar-refractivity contribution in [1.82, 2.24) is 0 Å². The van der Waals surface area contributed by atoms with Gasteiger partial charge in [-0.05, 0) is 18.4 Å². The maximum absolute atomic E-state index is 2.28. The molecular formula is C18H32Ca. The minimum absolute atomic E-state index is 0. The molecule has 0 atom stereocenters. The van der Waals surface area contributed by atoms with E-state index in [0.29, 0.717) is 0 Å². The van der Waals surface area contributed by atoms with Gasteiger partial charge in [0.25, 0.3) is 0 Å². The summed E-state index contributed by atoms with van der Waals surface area (Å²) in [6.45, 7) is 2.28. The third-order valence-electron chi connectivity index (χ3n) is 3.66. The molecule has 0 N–H and O–H groups in total. The van der Waals surface area contributed by atoms with Crippen molar-refractivity contribution in [1.29, 1.82) is 0 Å². The minimum atomic E-state index is 0. The summed E-state index contributed by atoms with van der Waals surface area (Å²) in [6.07, 6.45) is 15.5. The molecule has 0 amide bonds. The molecule has 1 aromatic rings. The van der Waals surface area contributed by atoms with Crippen molar-refractivity contribution in [2.24, 2.45) is 0 Å². The van der Waals surface area contributed by atoms with Gasteiger partial charge in [-0.2, -0.15) is 0 Å². The van der Waals surface area contributed by atoms with E-state index in [1.165, 1.54) is 76.2 Å². The van der Waals surface area contributed by atoms with E-state index in [1.807, 2.05) is 0 Å². The van der Waals surface area contributed by atoms with Crippen LogP contribution in [0.25, 0.3) is 0 Å². The van der Waals surface area contributed by atoms with E-state index in [2.05, 4.69) is 37.3 Å². The SMILES string of the molecule is CCCCCCCCCCCCc1ccccc1.[CaH2]. The zero-order chi connectivity index (χ0) is 12.9. The Kier molecular flexibility index (Phi) is 15.3. The third-order valence-corrected chi connectivity index (χ3v) is 3.66. The number of unbranched alkanes of at least 4 members (excludes halogenated alkanes) is 9. The van der Waals surface area contributed by atoms with Gasteiger partial charge in [0.05, 0.1) is 0 Å². The van der Waals surface area contributed by atoms with Gasteiger partial charge in [0.1, 0.15) is 0 Å². The Hall–Kier alpha value is 0.480. The molecule has 0 unspecified atom stereocenters. The molecule has 0 saturated heterocycles. The van der Waals surface area contributed by atoms with E-state index in [9.17, 15) is 0 Å². The quantitative estimate of drug-likeness (QED) is 0.386. The third kappa shape index (κ3) is 12.0. The van der Waals surface area contributed by atoms with Gasteiger partial charge >= 0.3 is 37.7 Å². The fourth-order valence-corrected chi connectivity index (χ4v) is 2.46. The van der Waals surface area contributed by atoms with E-state index in [0.717, 1.165) is 0 Å². The number of hydrogen-bond donors (Lipinski definition) is 0.